The highest BCUT2D eigenvalue weighted by Crippen LogP contribution is 2.56. The molecule has 2 aromatic carbocycles. The maximum atomic E-state index is 13.7. The molecule has 14 heteroatoms. The van der Waals surface area contributed by atoms with Crippen molar-refractivity contribution >= 4 is 11.6 Å². The van der Waals surface area contributed by atoms with Crippen molar-refractivity contribution in [1.82, 2.24) is 4.90 Å². The van der Waals surface area contributed by atoms with Gasteiger partial charge in [-0.05, 0) is 40.4 Å². The number of ether oxygens (including phenoxy) is 4. The van der Waals surface area contributed by atoms with Gasteiger partial charge in [-0.15, -0.1) is 0 Å². The van der Waals surface area contributed by atoms with Crippen LogP contribution in [0.4, 0.5) is 0 Å². The Morgan fingerprint density at radius 1 is 0.875 bits per heavy atom. The molecule has 2 aliphatic heterocycles. The van der Waals surface area contributed by atoms with Gasteiger partial charge in [0.25, 0.3) is 0 Å². The predicted octanol–water partition coefficient (Wildman–Crippen LogP) is 1.52. The number of benzene rings is 2. The third-order valence-corrected chi connectivity index (χ3v) is 10.4. The highest BCUT2D eigenvalue weighted by molar-refractivity contribution is 6.31. The molecule has 6 rings (SSSR count). The molecule has 48 heavy (non-hydrogen) atoms. The van der Waals surface area contributed by atoms with Gasteiger partial charge in [0.05, 0.1) is 46.7 Å². The number of aliphatic hydroxyl groups excluding tert-OH is 3. The first-order chi connectivity index (χ1) is 22.6. The fraction of sp³-hybridized carbons (Fsp3) is 0.588. The van der Waals surface area contributed by atoms with E-state index in [1.54, 1.807) is 20.8 Å². The normalized spacial score (nSPS) is 36.5. The molecule has 2 heterocycles. The average molecular weight is 674 g/mol. The van der Waals surface area contributed by atoms with E-state index in [1.807, 2.05) is 19.0 Å². The van der Waals surface area contributed by atoms with Crippen LogP contribution in [0, 0.1) is 0 Å². The van der Waals surface area contributed by atoms with Gasteiger partial charge in [-0.3, -0.25) is 9.59 Å². The number of likely N-dealkylation sites (N-methyl/N-ethyl adjacent to an activating group) is 1. The Hall–Kier alpha value is -3.18. The van der Waals surface area contributed by atoms with Crippen LogP contribution in [0.15, 0.2) is 18.2 Å². The van der Waals surface area contributed by atoms with Crippen LogP contribution in [0.25, 0.3) is 0 Å². The summed E-state index contributed by atoms with van der Waals surface area (Å²) < 4.78 is 24.7. The fourth-order valence-corrected chi connectivity index (χ4v) is 7.57. The summed E-state index contributed by atoms with van der Waals surface area (Å²) >= 11 is 0. The van der Waals surface area contributed by atoms with E-state index in [9.17, 15) is 45.3 Å². The van der Waals surface area contributed by atoms with Crippen molar-refractivity contribution in [3.8, 4) is 17.2 Å². The number of rotatable bonds is 6. The summed E-state index contributed by atoms with van der Waals surface area (Å²) in [4.78, 5) is 29.2. The van der Waals surface area contributed by atoms with Crippen LogP contribution in [-0.4, -0.2) is 121 Å². The lowest BCUT2D eigenvalue weighted by atomic mass is 9.70. The molecule has 11 atom stereocenters. The van der Waals surface area contributed by atoms with E-state index in [1.165, 1.54) is 18.2 Å². The van der Waals surface area contributed by atoms with Crippen molar-refractivity contribution in [3.05, 3.63) is 51.6 Å². The van der Waals surface area contributed by atoms with Crippen molar-refractivity contribution in [2.24, 2.45) is 0 Å². The van der Waals surface area contributed by atoms with Crippen molar-refractivity contribution in [3.63, 3.8) is 0 Å². The SMILES string of the molecule is CC[C@]1(O)C[C@@H](OC2CC(N(C)C)C(OC3CC(O)C(O)C(C)O3)C(C)O2)c2c(O)c3c(c(O)c2[C@@H]1O)C(=O)c1cccc(O)c1C3=O. The van der Waals surface area contributed by atoms with Crippen molar-refractivity contribution in [2.75, 3.05) is 14.1 Å². The van der Waals surface area contributed by atoms with Crippen LogP contribution in [0.2, 0.25) is 0 Å². The summed E-state index contributed by atoms with van der Waals surface area (Å²) in [6, 6.07) is 3.58. The van der Waals surface area contributed by atoms with Gasteiger partial charge >= 0.3 is 0 Å². The van der Waals surface area contributed by atoms with Crippen molar-refractivity contribution < 1.29 is 64.3 Å². The maximum Gasteiger partial charge on any atom is 0.202 e. The molecule has 2 saturated heterocycles. The molecule has 0 spiro atoms. The van der Waals surface area contributed by atoms with Crippen LogP contribution in [-0.2, 0) is 18.9 Å². The Morgan fingerprint density at radius 2 is 1.50 bits per heavy atom. The number of aliphatic hydroxyl groups is 4. The third-order valence-electron chi connectivity index (χ3n) is 10.4. The lowest BCUT2D eigenvalue weighted by Crippen LogP contribution is -2.57. The highest BCUT2D eigenvalue weighted by atomic mass is 16.7. The Labute approximate surface area is 277 Å². The lowest BCUT2D eigenvalue weighted by Gasteiger charge is -2.47. The number of phenols is 3. The quantitative estimate of drug-likeness (QED) is 0.185. The van der Waals surface area contributed by atoms with E-state index in [4.69, 9.17) is 18.9 Å². The Morgan fingerprint density at radius 3 is 2.15 bits per heavy atom. The molecule has 8 unspecified atom stereocenters. The number of fused-ring (bicyclic) bond motifs is 3. The molecule has 7 N–H and O–H groups in total. The van der Waals surface area contributed by atoms with E-state index >= 15 is 0 Å². The zero-order valence-corrected chi connectivity index (χ0v) is 27.4. The smallest absolute Gasteiger partial charge is 0.202 e. The minimum absolute atomic E-state index is 0.00680. The zero-order chi connectivity index (χ0) is 35.0. The number of ketones is 2. The van der Waals surface area contributed by atoms with Gasteiger partial charge in [0.15, 0.2) is 18.4 Å². The van der Waals surface area contributed by atoms with E-state index < -0.39 is 101 Å². The summed E-state index contributed by atoms with van der Waals surface area (Å²) in [5.41, 5.74) is -3.97. The summed E-state index contributed by atoms with van der Waals surface area (Å²) in [5, 5.41) is 77.0. The van der Waals surface area contributed by atoms with Crippen LogP contribution >= 0.6 is 0 Å². The van der Waals surface area contributed by atoms with Gasteiger partial charge in [-0.2, -0.15) is 0 Å². The number of phenolic OH excluding ortho intramolecular Hbond substituents is 3. The standard InChI is InChI=1S/C34H43NO13/c1-6-34(44)12-19(47-20-10-16(35(4)5)32(14(3)46-20)48-21-11-18(37)27(38)13(2)45-21)23-26(33(34)43)31(42)24-25(30(23)41)29(40)22-15(28(24)39)8-7-9-17(22)36/h7-9,13-14,16,18-21,27,32-33,36-38,41-44H,6,10-12H2,1-5H3/t13?,14?,16?,18?,19-,20?,21?,27?,32?,33+,34+/m1/s1. The van der Waals surface area contributed by atoms with Gasteiger partial charge < -0.3 is 59.6 Å². The topological polar surface area (TPSA) is 216 Å². The fourth-order valence-electron chi connectivity index (χ4n) is 7.57. The monoisotopic (exact) mass is 673 g/mol. The molecule has 14 nitrogen and oxygen atoms in total. The molecule has 0 bridgehead atoms. The molecular weight excluding hydrogens is 630 g/mol. The van der Waals surface area contributed by atoms with Gasteiger partial charge in [-0.1, -0.05) is 19.1 Å². The van der Waals surface area contributed by atoms with Crippen molar-refractivity contribution in [1.29, 1.82) is 0 Å². The zero-order valence-electron chi connectivity index (χ0n) is 27.4. The van der Waals surface area contributed by atoms with E-state index in [-0.39, 0.29) is 54.0 Å². The predicted molar refractivity (Wildman–Crippen MR) is 166 cm³/mol. The Bertz CT molecular complexity index is 1600. The number of hydrogen-bond donors (Lipinski definition) is 7. The van der Waals surface area contributed by atoms with Crippen LogP contribution in [0.1, 0.15) is 102 Å². The molecule has 2 aliphatic carbocycles. The van der Waals surface area contributed by atoms with E-state index in [2.05, 4.69) is 0 Å². The first-order valence-electron chi connectivity index (χ1n) is 16.2. The number of nitrogens with zero attached hydrogens (tertiary/aromatic N) is 1. The molecule has 0 radical (unpaired) electrons. The second kappa shape index (κ2) is 12.6. The van der Waals surface area contributed by atoms with Crippen LogP contribution in [0.5, 0.6) is 17.2 Å². The molecule has 262 valence electrons. The molecule has 4 aliphatic rings. The first-order valence-corrected chi connectivity index (χ1v) is 16.2. The highest BCUT2D eigenvalue weighted by Gasteiger charge is 2.52. The van der Waals surface area contributed by atoms with Gasteiger partial charge in [0, 0.05) is 42.0 Å². The third kappa shape index (κ3) is 5.49. The summed E-state index contributed by atoms with van der Waals surface area (Å²) in [6.07, 6.45) is -8.64. The molecule has 0 aromatic heterocycles. The summed E-state index contributed by atoms with van der Waals surface area (Å²) in [6.45, 7) is 5.04. The van der Waals surface area contributed by atoms with Crippen LogP contribution < -0.4 is 0 Å². The van der Waals surface area contributed by atoms with E-state index in [0.29, 0.717) is 0 Å². The van der Waals surface area contributed by atoms with Gasteiger partial charge in [-0.25, -0.2) is 0 Å². The number of hydrogen-bond acceptors (Lipinski definition) is 14. The summed E-state index contributed by atoms with van der Waals surface area (Å²) in [7, 11) is 3.68. The molecule has 2 fully saturated rings. The summed E-state index contributed by atoms with van der Waals surface area (Å²) in [5.74, 6) is -3.71. The minimum Gasteiger partial charge on any atom is -0.507 e. The minimum atomic E-state index is -1.86. The number of carbonyl (C=O) groups excluding carboxylic acids is 2. The maximum absolute atomic E-state index is 13.7. The lowest BCUT2D eigenvalue weighted by molar-refractivity contribution is -0.311. The van der Waals surface area contributed by atoms with Crippen LogP contribution in [0.3, 0.4) is 0 Å². The van der Waals surface area contributed by atoms with Crippen molar-refractivity contribution in [2.45, 2.75) is 113 Å². The largest absolute Gasteiger partial charge is 0.507 e. The number of aromatic hydroxyl groups is 3. The first kappa shape index (κ1) is 34.7. The molecule has 2 aromatic rings. The molecule has 0 saturated carbocycles. The molecular formula is C34H43NO13. The number of carbonyl (C=O) groups is 2. The molecule has 0 amide bonds. The van der Waals surface area contributed by atoms with Gasteiger partial charge in [0.2, 0.25) is 5.78 Å². The second-order valence-corrected chi connectivity index (χ2v) is 13.5. The average Bonchev–Trinajstić information content (AvgIpc) is 3.02. The Kier molecular flexibility index (Phi) is 9.11. The van der Waals surface area contributed by atoms with Gasteiger partial charge in [0.1, 0.15) is 35.6 Å². The Balaban J connectivity index is 1.35. The second-order valence-electron chi connectivity index (χ2n) is 13.5. The van der Waals surface area contributed by atoms with E-state index in [0.717, 1.165) is 0 Å².